The van der Waals surface area contributed by atoms with Crippen molar-refractivity contribution in [1.82, 2.24) is 0 Å². The molecular weight excluding hydrogens is 164 g/mol. The molecule has 0 saturated carbocycles. The van der Waals surface area contributed by atoms with Crippen molar-refractivity contribution in [2.75, 3.05) is 0 Å². The van der Waals surface area contributed by atoms with E-state index in [1.165, 1.54) is 6.08 Å². The molecule has 0 aromatic rings. The summed E-state index contributed by atoms with van der Waals surface area (Å²) in [6.45, 7) is 6.16. The van der Waals surface area contributed by atoms with Crippen molar-refractivity contribution in [3.63, 3.8) is 0 Å². The standard InChI is InChI=1S/C11H20O2/c1-4-9(2)8-11(13)10(3)6-5-7-12/h5-7,9-11,13H,4,8H2,1-3H3/b6-5+. The number of allylic oxidation sites excluding steroid dienone is 1. The van der Waals surface area contributed by atoms with Crippen molar-refractivity contribution < 1.29 is 9.90 Å². The van der Waals surface area contributed by atoms with Crippen LogP contribution in [0.5, 0.6) is 0 Å². The highest BCUT2D eigenvalue weighted by Crippen LogP contribution is 2.16. The van der Waals surface area contributed by atoms with Gasteiger partial charge in [0.2, 0.25) is 0 Å². The van der Waals surface area contributed by atoms with Crippen molar-refractivity contribution in [3.8, 4) is 0 Å². The predicted molar refractivity (Wildman–Crippen MR) is 54.4 cm³/mol. The van der Waals surface area contributed by atoms with Gasteiger partial charge in [-0.1, -0.05) is 33.3 Å². The first-order valence-electron chi connectivity index (χ1n) is 4.91. The van der Waals surface area contributed by atoms with E-state index in [1.54, 1.807) is 6.08 Å². The Morgan fingerprint density at radius 2 is 2.00 bits per heavy atom. The van der Waals surface area contributed by atoms with Crippen molar-refractivity contribution in [2.45, 2.75) is 39.7 Å². The van der Waals surface area contributed by atoms with E-state index in [1.807, 2.05) is 6.92 Å². The van der Waals surface area contributed by atoms with Crippen molar-refractivity contribution in [3.05, 3.63) is 12.2 Å². The van der Waals surface area contributed by atoms with E-state index in [-0.39, 0.29) is 12.0 Å². The van der Waals surface area contributed by atoms with Crippen LogP contribution in [0.15, 0.2) is 12.2 Å². The monoisotopic (exact) mass is 184 g/mol. The van der Waals surface area contributed by atoms with Gasteiger partial charge in [-0.2, -0.15) is 0 Å². The molecule has 3 atom stereocenters. The molecule has 0 rings (SSSR count). The lowest BCUT2D eigenvalue weighted by Gasteiger charge is -2.18. The average Bonchev–Trinajstić information content (AvgIpc) is 2.13. The van der Waals surface area contributed by atoms with Crippen LogP contribution in [0.4, 0.5) is 0 Å². The van der Waals surface area contributed by atoms with Crippen molar-refractivity contribution in [1.29, 1.82) is 0 Å². The maximum atomic E-state index is 10.0. The van der Waals surface area contributed by atoms with Gasteiger partial charge >= 0.3 is 0 Å². The highest BCUT2D eigenvalue weighted by atomic mass is 16.3. The number of aliphatic hydroxyl groups is 1. The van der Waals surface area contributed by atoms with E-state index < -0.39 is 0 Å². The first-order chi connectivity index (χ1) is 6.11. The predicted octanol–water partition coefficient (Wildman–Crippen LogP) is 2.17. The van der Waals surface area contributed by atoms with Crippen molar-refractivity contribution >= 4 is 6.29 Å². The van der Waals surface area contributed by atoms with E-state index in [0.29, 0.717) is 5.92 Å². The summed E-state index contributed by atoms with van der Waals surface area (Å²) in [5.74, 6) is 0.612. The molecule has 0 fully saturated rings. The quantitative estimate of drug-likeness (QED) is 0.507. The molecule has 0 amide bonds. The third kappa shape index (κ3) is 5.58. The summed E-state index contributed by atoms with van der Waals surface area (Å²) < 4.78 is 0. The molecular formula is C11H20O2. The third-order valence-corrected chi connectivity index (χ3v) is 2.44. The molecule has 0 aromatic heterocycles. The largest absolute Gasteiger partial charge is 0.393 e. The van der Waals surface area contributed by atoms with E-state index in [0.717, 1.165) is 19.1 Å². The highest BCUT2D eigenvalue weighted by molar-refractivity contribution is 5.64. The first kappa shape index (κ1) is 12.4. The summed E-state index contributed by atoms with van der Waals surface area (Å²) in [5, 5.41) is 9.68. The number of rotatable bonds is 6. The molecule has 0 saturated heterocycles. The zero-order valence-electron chi connectivity index (χ0n) is 8.73. The van der Waals surface area contributed by atoms with E-state index in [2.05, 4.69) is 13.8 Å². The Bertz CT molecular complexity index is 163. The Hall–Kier alpha value is -0.630. The van der Waals surface area contributed by atoms with Crippen LogP contribution >= 0.6 is 0 Å². The molecule has 2 heteroatoms. The summed E-state index contributed by atoms with van der Waals surface area (Å²) in [4.78, 5) is 10.0. The minimum atomic E-state index is -0.328. The summed E-state index contributed by atoms with van der Waals surface area (Å²) >= 11 is 0. The zero-order valence-corrected chi connectivity index (χ0v) is 8.73. The number of hydrogen-bond acceptors (Lipinski definition) is 2. The van der Waals surface area contributed by atoms with Crippen LogP contribution in [0.25, 0.3) is 0 Å². The highest BCUT2D eigenvalue weighted by Gasteiger charge is 2.13. The zero-order chi connectivity index (χ0) is 10.3. The summed E-state index contributed by atoms with van der Waals surface area (Å²) in [6, 6.07) is 0. The lowest BCUT2D eigenvalue weighted by Crippen LogP contribution is -2.18. The number of hydrogen-bond donors (Lipinski definition) is 1. The molecule has 0 radical (unpaired) electrons. The van der Waals surface area contributed by atoms with Gasteiger partial charge in [0.25, 0.3) is 0 Å². The van der Waals surface area contributed by atoms with Crippen LogP contribution in [0, 0.1) is 11.8 Å². The second kappa shape index (κ2) is 6.84. The molecule has 0 aliphatic heterocycles. The van der Waals surface area contributed by atoms with Gasteiger partial charge in [0.1, 0.15) is 6.29 Å². The van der Waals surface area contributed by atoms with E-state index in [9.17, 15) is 9.90 Å². The SMILES string of the molecule is CCC(C)CC(O)C(C)/C=C/C=O. The smallest absolute Gasteiger partial charge is 0.142 e. The fraction of sp³-hybridized carbons (Fsp3) is 0.727. The van der Waals surface area contributed by atoms with Gasteiger partial charge in [0.05, 0.1) is 6.10 Å². The minimum Gasteiger partial charge on any atom is -0.393 e. The van der Waals surface area contributed by atoms with E-state index in [4.69, 9.17) is 0 Å². The van der Waals surface area contributed by atoms with Crippen LogP contribution in [0.2, 0.25) is 0 Å². The average molecular weight is 184 g/mol. The number of carbonyl (C=O) groups is 1. The molecule has 1 N–H and O–H groups in total. The Labute approximate surface area is 80.7 Å². The van der Waals surface area contributed by atoms with Crippen LogP contribution in [-0.4, -0.2) is 17.5 Å². The molecule has 13 heavy (non-hydrogen) atoms. The van der Waals surface area contributed by atoms with Gasteiger partial charge in [-0.05, 0) is 18.4 Å². The molecule has 0 aromatic carbocycles. The Morgan fingerprint density at radius 3 is 2.46 bits per heavy atom. The molecule has 0 spiro atoms. The number of aldehydes is 1. The molecule has 0 heterocycles. The second-order valence-electron chi connectivity index (χ2n) is 3.70. The summed E-state index contributed by atoms with van der Waals surface area (Å²) in [7, 11) is 0. The normalized spacial score (nSPS) is 18.5. The van der Waals surface area contributed by atoms with Gasteiger partial charge in [-0.25, -0.2) is 0 Å². The molecule has 76 valence electrons. The van der Waals surface area contributed by atoms with Gasteiger partial charge in [-0.15, -0.1) is 0 Å². The number of carbonyl (C=O) groups excluding carboxylic acids is 1. The molecule has 0 bridgehead atoms. The topological polar surface area (TPSA) is 37.3 Å². The fourth-order valence-corrected chi connectivity index (χ4v) is 1.14. The van der Waals surface area contributed by atoms with Crippen LogP contribution in [-0.2, 0) is 4.79 Å². The van der Waals surface area contributed by atoms with Gasteiger partial charge < -0.3 is 5.11 Å². The lowest BCUT2D eigenvalue weighted by atomic mass is 9.93. The van der Waals surface area contributed by atoms with Crippen LogP contribution in [0.3, 0.4) is 0 Å². The fourth-order valence-electron chi connectivity index (χ4n) is 1.14. The van der Waals surface area contributed by atoms with Gasteiger partial charge in [0.15, 0.2) is 0 Å². The maximum absolute atomic E-state index is 10.0. The van der Waals surface area contributed by atoms with E-state index >= 15 is 0 Å². The van der Waals surface area contributed by atoms with Gasteiger partial charge in [0, 0.05) is 5.92 Å². The van der Waals surface area contributed by atoms with Crippen molar-refractivity contribution in [2.24, 2.45) is 11.8 Å². The Kier molecular flexibility index (Phi) is 6.51. The summed E-state index contributed by atoms with van der Waals surface area (Å²) in [6.07, 6.45) is 5.50. The second-order valence-corrected chi connectivity index (χ2v) is 3.70. The van der Waals surface area contributed by atoms with Crippen LogP contribution < -0.4 is 0 Å². The Morgan fingerprint density at radius 1 is 1.38 bits per heavy atom. The lowest BCUT2D eigenvalue weighted by molar-refractivity contribution is -0.104. The third-order valence-electron chi connectivity index (χ3n) is 2.44. The maximum Gasteiger partial charge on any atom is 0.142 e. The summed E-state index contributed by atoms with van der Waals surface area (Å²) in [5.41, 5.74) is 0. The molecule has 2 nitrogen and oxygen atoms in total. The van der Waals surface area contributed by atoms with Crippen LogP contribution in [0.1, 0.15) is 33.6 Å². The molecule has 3 unspecified atom stereocenters. The van der Waals surface area contributed by atoms with Gasteiger partial charge in [-0.3, -0.25) is 4.79 Å². The first-order valence-corrected chi connectivity index (χ1v) is 4.91. The molecule has 0 aliphatic rings. The number of aliphatic hydroxyl groups excluding tert-OH is 1. The minimum absolute atomic E-state index is 0.0687. The Balaban J connectivity index is 3.87. The molecule has 0 aliphatic carbocycles.